The highest BCUT2D eigenvalue weighted by atomic mass is 35.5. The lowest BCUT2D eigenvalue weighted by atomic mass is 10.1. The first-order valence-electron chi connectivity index (χ1n) is 10.9. The van der Waals surface area contributed by atoms with Gasteiger partial charge in [-0.15, -0.1) is 0 Å². The molecule has 1 fully saturated rings. The van der Waals surface area contributed by atoms with Crippen molar-refractivity contribution in [2.45, 2.75) is 18.6 Å². The van der Waals surface area contributed by atoms with Crippen LogP contribution in [0.3, 0.4) is 0 Å². The fourth-order valence-corrected chi connectivity index (χ4v) is 5.29. The van der Waals surface area contributed by atoms with Crippen LogP contribution in [0.5, 0.6) is 5.75 Å². The number of hydrogen-bond acceptors (Lipinski definition) is 5. The minimum atomic E-state index is -0.592. The van der Waals surface area contributed by atoms with E-state index in [9.17, 15) is 14.9 Å². The van der Waals surface area contributed by atoms with Gasteiger partial charge in [-0.3, -0.25) is 14.5 Å². The van der Waals surface area contributed by atoms with Gasteiger partial charge in [0.15, 0.2) is 0 Å². The fourth-order valence-electron chi connectivity index (χ4n) is 3.66. The molecule has 1 saturated heterocycles. The molecule has 1 heterocycles. The second-order valence-corrected chi connectivity index (χ2v) is 10.0. The molecule has 2 amide bonds. The zero-order valence-electron chi connectivity index (χ0n) is 19.4. The predicted molar refractivity (Wildman–Crippen MR) is 144 cm³/mol. The zero-order chi connectivity index (χ0) is 25.8. The van der Waals surface area contributed by atoms with Gasteiger partial charge in [0.2, 0.25) is 5.91 Å². The van der Waals surface area contributed by atoms with Crippen molar-refractivity contribution in [3.8, 4) is 11.8 Å². The van der Waals surface area contributed by atoms with Gasteiger partial charge in [-0.2, -0.15) is 5.26 Å². The average molecular weight is 538 g/mol. The maximum atomic E-state index is 13.6. The number of benzene rings is 3. The van der Waals surface area contributed by atoms with Gasteiger partial charge in [0, 0.05) is 11.4 Å². The van der Waals surface area contributed by atoms with Crippen LogP contribution >= 0.6 is 35.0 Å². The Labute approximate surface area is 223 Å². The highest BCUT2D eigenvalue weighted by Gasteiger charge is 2.41. The number of nitrogens with one attached hydrogen (secondary N) is 1. The molecule has 3 aromatic carbocycles. The molecule has 0 saturated carbocycles. The Kier molecular flexibility index (Phi) is 7.90. The van der Waals surface area contributed by atoms with Crippen LogP contribution in [0.4, 0.5) is 11.4 Å². The van der Waals surface area contributed by atoms with Gasteiger partial charge in [-0.1, -0.05) is 58.7 Å². The van der Waals surface area contributed by atoms with E-state index in [2.05, 4.69) is 5.32 Å². The van der Waals surface area contributed by atoms with Crippen LogP contribution in [0.2, 0.25) is 10.0 Å². The van der Waals surface area contributed by atoms with Gasteiger partial charge in [0.1, 0.15) is 22.4 Å². The van der Waals surface area contributed by atoms with E-state index in [0.717, 1.165) is 11.1 Å². The number of halogens is 2. The van der Waals surface area contributed by atoms with Crippen LogP contribution < -0.4 is 15.0 Å². The molecule has 0 bridgehead atoms. The Hall–Kier alpha value is -3.44. The topological polar surface area (TPSA) is 82.4 Å². The number of carbonyl (C=O) groups is 2. The van der Waals surface area contributed by atoms with Crippen LogP contribution in [-0.2, 0) is 16.0 Å². The van der Waals surface area contributed by atoms with Crippen molar-refractivity contribution < 1.29 is 14.3 Å². The first-order chi connectivity index (χ1) is 17.3. The van der Waals surface area contributed by atoms with Crippen LogP contribution in [0.15, 0.2) is 77.3 Å². The Balaban J connectivity index is 1.72. The van der Waals surface area contributed by atoms with Gasteiger partial charge in [-0.05, 0) is 67.4 Å². The highest BCUT2D eigenvalue weighted by Crippen LogP contribution is 2.42. The molecule has 182 valence electrons. The summed E-state index contributed by atoms with van der Waals surface area (Å²) in [5.74, 6) is -0.221. The summed E-state index contributed by atoms with van der Waals surface area (Å²) >= 11 is 13.4. The molecular weight excluding hydrogens is 517 g/mol. The Morgan fingerprint density at radius 2 is 1.78 bits per heavy atom. The normalized spacial score (nSPS) is 16.5. The average Bonchev–Trinajstić information content (AvgIpc) is 3.18. The molecule has 0 radical (unpaired) electrons. The quantitative estimate of drug-likeness (QED) is 0.291. The monoisotopic (exact) mass is 537 g/mol. The molecule has 36 heavy (non-hydrogen) atoms. The minimum absolute atomic E-state index is 0.151. The largest absolute Gasteiger partial charge is 0.497 e. The van der Waals surface area contributed by atoms with E-state index in [1.807, 2.05) is 25.1 Å². The first kappa shape index (κ1) is 25.6. The molecule has 0 spiro atoms. The number of methoxy groups -OCH3 is 1. The summed E-state index contributed by atoms with van der Waals surface area (Å²) in [5.41, 5.74) is 2.78. The molecule has 3 aromatic rings. The number of anilines is 2. The molecule has 4 rings (SSSR count). The number of rotatable bonds is 6. The lowest BCUT2D eigenvalue weighted by molar-refractivity contribution is -0.117. The molecular formula is C27H21Cl2N3O3S. The molecule has 1 unspecified atom stereocenters. The number of hydrogen-bond donors (Lipinski definition) is 1. The van der Waals surface area contributed by atoms with Gasteiger partial charge in [0.25, 0.3) is 5.91 Å². The Morgan fingerprint density at radius 1 is 1.08 bits per heavy atom. The van der Waals surface area contributed by atoms with Crippen LogP contribution in [0.1, 0.15) is 11.1 Å². The van der Waals surface area contributed by atoms with Crippen molar-refractivity contribution >= 4 is 58.2 Å². The van der Waals surface area contributed by atoms with Crippen molar-refractivity contribution in [2.24, 2.45) is 0 Å². The summed E-state index contributed by atoms with van der Waals surface area (Å²) < 4.78 is 5.23. The SMILES string of the molecule is COc1ccc(N2C(=O)C(Cc3ccc(Cl)c(Cl)c3)S/C2=C(/C#N)C(=O)Nc2ccc(C)cc2)cc1. The number of nitriles is 1. The number of carbonyl (C=O) groups excluding carboxylic acids is 2. The molecule has 0 aliphatic carbocycles. The van der Waals surface area contributed by atoms with Crippen molar-refractivity contribution in [1.82, 2.24) is 0 Å². The van der Waals surface area contributed by atoms with E-state index in [4.69, 9.17) is 27.9 Å². The van der Waals surface area contributed by atoms with Crippen molar-refractivity contribution in [2.75, 3.05) is 17.3 Å². The van der Waals surface area contributed by atoms with Crippen molar-refractivity contribution in [3.63, 3.8) is 0 Å². The van der Waals surface area contributed by atoms with Gasteiger partial charge in [-0.25, -0.2) is 0 Å². The molecule has 1 aliphatic heterocycles. The minimum Gasteiger partial charge on any atom is -0.497 e. The van der Waals surface area contributed by atoms with Crippen LogP contribution in [-0.4, -0.2) is 24.2 Å². The molecule has 1 atom stereocenters. The first-order valence-corrected chi connectivity index (χ1v) is 12.5. The van der Waals surface area contributed by atoms with E-state index in [1.165, 1.54) is 16.7 Å². The van der Waals surface area contributed by atoms with E-state index in [-0.39, 0.29) is 16.5 Å². The van der Waals surface area contributed by atoms with Gasteiger partial charge < -0.3 is 10.1 Å². The van der Waals surface area contributed by atoms with Crippen molar-refractivity contribution in [1.29, 1.82) is 5.26 Å². The smallest absolute Gasteiger partial charge is 0.269 e. The summed E-state index contributed by atoms with van der Waals surface area (Å²) in [6.45, 7) is 1.94. The van der Waals surface area contributed by atoms with Crippen LogP contribution in [0, 0.1) is 18.3 Å². The summed E-state index contributed by atoms with van der Waals surface area (Å²) in [6, 6.07) is 21.3. The second-order valence-electron chi connectivity index (χ2n) is 8.04. The lowest BCUT2D eigenvalue weighted by Crippen LogP contribution is -2.30. The number of aryl methyl sites for hydroxylation is 1. The summed E-state index contributed by atoms with van der Waals surface area (Å²) in [4.78, 5) is 28.2. The Morgan fingerprint density at radius 3 is 2.39 bits per heavy atom. The van der Waals surface area contributed by atoms with Crippen LogP contribution in [0.25, 0.3) is 0 Å². The fraction of sp³-hybridized carbons (Fsp3) is 0.148. The second kappa shape index (κ2) is 11.1. The molecule has 1 N–H and O–H groups in total. The molecule has 9 heteroatoms. The third-order valence-electron chi connectivity index (χ3n) is 5.55. The van der Waals surface area contributed by atoms with Gasteiger partial charge in [0.05, 0.1) is 22.4 Å². The highest BCUT2D eigenvalue weighted by molar-refractivity contribution is 8.05. The number of thioether (sulfide) groups is 1. The van der Waals surface area contributed by atoms with E-state index in [1.54, 1.807) is 61.7 Å². The van der Waals surface area contributed by atoms with Crippen molar-refractivity contribution in [3.05, 3.63) is 98.5 Å². The van der Waals surface area contributed by atoms with E-state index >= 15 is 0 Å². The number of ether oxygens (including phenoxy) is 1. The Bertz CT molecular complexity index is 1380. The maximum Gasteiger partial charge on any atom is 0.269 e. The summed E-state index contributed by atoms with van der Waals surface area (Å²) in [6.07, 6.45) is 0.342. The van der Waals surface area contributed by atoms with Gasteiger partial charge >= 0.3 is 0 Å². The summed E-state index contributed by atoms with van der Waals surface area (Å²) in [5, 5.41) is 13.2. The predicted octanol–water partition coefficient (Wildman–Crippen LogP) is 6.38. The van der Waals surface area contributed by atoms with E-state index in [0.29, 0.717) is 33.6 Å². The third kappa shape index (κ3) is 5.52. The molecule has 1 aliphatic rings. The lowest BCUT2D eigenvalue weighted by Gasteiger charge is -2.19. The standard InChI is InChI=1S/C27H21Cl2N3O3S/c1-16-3-6-18(7-4-16)31-25(33)21(15-30)27-32(19-8-10-20(35-2)11-9-19)26(34)24(36-27)14-17-5-12-22(28)23(29)13-17/h3-13,24H,14H2,1-2H3,(H,31,33)/b27-21-. The number of amides is 2. The maximum absolute atomic E-state index is 13.6. The zero-order valence-corrected chi connectivity index (χ0v) is 21.7. The van der Waals surface area contributed by atoms with E-state index < -0.39 is 11.2 Å². The summed E-state index contributed by atoms with van der Waals surface area (Å²) in [7, 11) is 1.55. The number of nitrogens with zero attached hydrogens (tertiary/aromatic N) is 2. The third-order valence-corrected chi connectivity index (χ3v) is 7.55. The molecule has 0 aromatic heterocycles. The molecule has 6 nitrogen and oxygen atoms in total.